The van der Waals surface area contributed by atoms with Gasteiger partial charge in [-0.2, -0.15) is 5.10 Å². The van der Waals surface area contributed by atoms with Gasteiger partial charge in [-0.25, -0.2) is 4.98 Å². The van der Waals surface area contributed by atoms with Crippen LogP contribution in [0.2, 0.25) is 0 Å². The second-order valence-electron chi connectivity index (χ2n) is 4.54. The van der Waals surface area contributed by atoms with Gasteiger partial charge in [0.1, 0.15) is 17.9 Å². The second kappa shape index (κ2) is 6.57. The third kappa shape index (κ3) is 3.47. The van der Waals surface area contributed by atoms with E-state index in [4.69, 9.17) is 16.3 Å². The summed E-state index contributed by atoms with van der Waals surface area (Å²) in [5.41, 5.74) is 1.18. The Kier molecular flexibility index (Phi) is 4.80. The van der Waals surface area contributed by atoms with E-state index in [0.29, 0.717) is 11.8 Å². The van der Waals surface area contributed by atoms with Crippen molar-refractivity contribution in [3.63, 3.8) is 0 Å². The minimum atomic E-state index is 0.320. The molecule has 0 fully saturated rings. The molecular weight excluding hydrogens is 262 g/mol. The van der Waals surface area contributed by atoms with Gasteiger partial charge in [-0.3, -0.25) is 4.68 Å². The number of ether oxygens (including phenoxy) is 1. The number of methoxy groups -OCH3 is 1. The Balaban J connectivity index is 2.09. The van der Waals surface area contributed by atoms with Crippen LogP contribution in [0.15, 0.2) is 30.6 Å². The van der Waals surface area contributed by atoms with E-state index in [0.717, 1.165) is 24.4 Å². The van der Waals surface area contributed by atoms with Crippen LogP contribution in [-0.4, -0.2) is 27.8 Å². The summed E-state index contributed by atoms with van der Waals surface area (Å²) in [5, 5.41) is 4.08. The number of hydrogen-bond donors (Lipinski definition) is 0. The van der Waals surface area contributed by atoms with Crippen LogP contribution in [0.3, 0.4) is 0 Å². The van der Waals surface area contributed by atoms with Crippen molar-refractivity contribution in [3.8, 4) is 5.75 Å². The van der Waals surface area contributed by atoms with Gasteiger partial charge in [-0.05, 0) is 24.0 Å². The quantitative estimate of drug-likeness (QED) is 0.763. The van der Waals surface area contributed by atoms with E-state index in [1.807, 2.05) is 25.2 Å². The highest BCUT2D eigenvalue weighted by molar-refractivity contribution is 6.18. The highest BCUT2D eigenvalue weighted by Gasteiger charge is 2.15. The summed E-state index contributed by atoms with van der Waals surface area (Å²) in [4.78, 5) is 4.25. The summed E-state index contributed by atoms with van der Waals surface area (Å²) >= 11 is 6.08. The lowest BCUT2D eigenvalue weighted by Crippen LogP contribution is -2.14. The van der Waals surface area contributed by atoms with Crippen LogP contribution in [0, 0.1) is 5.92 Å². The van der Waals surface area contributed by atoms with Crippen LogP contribution in [0.4, 0.5) is 0 Å². The molecule has 0 radical (unpaired) electrons. The van der Waals surface area contributed by atoms with E-state index >= 15 is 0 Å². The summed E-state index contributed by atoms with van der Waals surface area (Å²) in [6.07, 6.45) is 3.27. The molecule has 2 aromatic rings. The lowest BCUT2D eigenvalue weighted by Gasteiger charge is -2.15. The van der Waals surface area contributed by atoms with E-state index in [9.17, 15) is 0 Å². The number of aromatic nitrogens is 3. The molecule has 0 aliphatic rings. The van der Waals surface area contributed by atoms with Crippen molar-refractivity contribution in [1.82, 2.24) is 14.8 Å². The molecule has 0 aliphatic heterocycles. The molecule has 1 aromatic heterocycles. The minimum Gasteiger partial charge on any atom is -0.496 e. The molecule has 1 aromatic carbocycles. The zero-order valence-electron chi connectivity index (χ0n) is 11.2. The molecule has 0 aliphatic carbocycles. The first-order valence-corrected chi connectivity index (χ1v) is 6.78. The predicted octanol–water partition coefficient (Wildman–Crippen LogP) is 2.46. The summed E-state index contributed by atoms with van der Waals surface area (Å²) in [6, 6.07) is 8.05. The smallest absolute Gasteiger partial charge is 0.138 e. The number of rotatable bonds is 6. The van der Waals surface area contributed by atoms with Crippen molar-refractivity contribution in [2.75, 3.05) is 13.0 Å². The molecule has 1 heterocycles. The number of para-hydroxylation sites is 1. The summed E-state index contributed by atoms with van der Waals surface area (Å²) < 4.78 is 7.17. The van der Waals surface area contributed by atoms with Crippen LogP contribution in [0.5, 0.6) is 5.75 Å². The number of halogens is 1. The topological polar surface area (TPSA) is 39.9 Å². The molecule has 1 atom stereocenters. The zero-order chi connectivity index (χ0) is 13.7. The van der Waals surface area contributed by atoms with Crippen LogP contribution in [0.1, 0.15) is 11.4 Å². The van der Waals surface area contributed by atoms with Crippen molar-refractivity contribution >= 4 is 11.6 Å². The summed E-state index contributed by atoms with van der Waals surface area (Å²) in [7, 11) is 3.59. The van der Waals surface area contributed by atoms with Gasteiger partial charge in [0.15, 0.2) is 0 Å². The van der Waals surface area contributed by atoms with E-state index in [1.165, 1.54) is 5.56 Å². The normalized spacial score (nSPS) is 12.4. The van der Waals surface area contributed by atoms with Crippen molar-refractivity contribution < 1.29 is 4.74 Å². The van der Waals surface area contributed by atoms with Crippen molar-refractivity contribution in [2.45, 2.75) is 12.8 Å². The second-order valence-corrected chi connectivity index (χ2v) is 4.85. The SMILES string of the molecule is COc1ccccc1CC(CCl)Cc1ncnn1C. The Hall–Kier alpha value is -1.55. The number of aryl methyl sites for hydroxylation is 1. The fourth-order valence-corrected chi connectivity index (χ4v) is 2.35. The first-order chi connectivity index (χ1) is 9.24. The Labute approximate surface area is 118 Å². The molecule has 0 bridgehead atoms. The van der Waals surface area contributed by atoms with Crippen LogP contribution in [0.25, 0.3) is 0 Å². The third-order valence-electron chi connectivity index (χ3n) is 3.20. The number of benzene rings is 1. The van der Waals surface area contributed by atoms with Crippen LogP contribution in [-0.2, 0) is 19.9 Å². The molecule has 0 N–H and O–H groups in total. The van der Waals surface area contributed by atoms with Crippen LogP contribution >= 0.6 is 11.6 Å². The summed E-state index contributed by atoms with van der Waals surface area (Å²) in [6.45, 7) is 0. The first kappa shape index (κ1) is 13.9. The maximum atomic E-state index is 6.08. The van der Waals surface area contributed by atoms with Gasteiger partial charge in [0.25, 0.3) is 0 Å². The largest absolute Gasteiger partial charge is 0.496 e. The molecule has 5 heteroatoms. The van der Waals surface area contributed by atoms with E-state index in [-0.39, 0.29) is 0 Å². The maximum absolute atomic E-state index is 6.08. The monoisotopic (exact) mass is 279 g/mol. The fourth-order valence-electron chi connectivity index (χ4n) is 2.13. The highest BCUT2D eigenvalue weighted by Crippen LogP contribution is 2.23. The maximum Gasteiger partial charge on any atom is 0.138 e. The number of hydrogen-bond acceptors (Lipinski definition) is 3. The molecule has 4 nitrogen and oxygen atoms in total. The lowest BCUT2D eigenvalue weighted by molar-refractivity contribution is 0.405. The fraction of sp³-hybridized carbons (Fsp3) is 0.429. The Morgan fingerprint density at radius 1 is 1.32 bits per heavy atom. The highest BCUT2D eigenvalue weighted by atomic mass is 35.5. The molecule has 2 rings (SSSR count). The van der Waals surface area contributed by atoms with Crippen molar-refractivity contribution in [3.05, 3.63) is 42.0 Å². The van der Waals surface area contributed by atoms with Gasteiger partial charge < -0.3 is 4.74 Å². The Morgan fingerprint density at radius 3 is 2.74 bits per heavy atom. The number of nitrogens with zero attached hydrogens (tertiary/aromatic N) is 3. The minimum absolute atomic E-state index is 0.320. The Bertz CT molecular complexity index is 527. The molecular formula is C14H18ClN3O. The molecule has 19 heavy (non-hydrogen) atoms. The van der Waals surface area contributed by atoms with Gasteiger partial charge in [0.05, 0.1) is 7.11 Å². The van der Waals surface area contributed by atoms with Gasteiger partial charge in [-0.15, -0.1) is 11.6 Å². The standard InChI is InChI=1S/C14H18ClN3O/c1-18-14(16-10-17-18)8-11(9-15)7-12-5-3-4-6-13(12)19-2/h3-6,10-11H,7-9H2,1-2H3. The average molecular weight is 280 g/mol. The predicted molar refractivity (Wildman–Crippen MR) is 75.6 cm³/mol. The summed E-state index contributed by atoms with van der Waals surface area (Å²) in [5.74, 6) is 2.78. The average Bonchev–Trinajstić information content (AvgIpc) is 2.84. The van der Waals surface area contributed by atoms with Gasteiger partial charge in [-0.1, -0.05) is 18.2 Å². The zero-order valence-corrected chi connectivity index (χ0v) is 12.0. The third-order valence-corrected chi connectivity index (χ3v) is 3.63. The van der Waals surface area contributed by atoms with Crippen molar-refractivity contribution in [1.29, 1.82) is 0 Å². The van der Waals surface area contributed by atoms with Gasteiger partial charge in [0, 0.05) is 19.3 Å². The van der Waals surface area contributed by atoms with Crippen molar-refractivity contribution in [2.24, 2.45) is 13.0 Å². The van der Waals surface area contributed by atoms with Gasteiger partial charge in [0.2, 0.25) is 0 Å². The molecule has 0 amide bonds. The van der Waals surface area contributed by atoms with Crippen LogP contribution < -0.4 is 4.74 Å². The van der Waals surface area contributed by atoms with E-state index < -0.39 is 0 Å². The Morgan fingerprint density at radius 2 is 2.11 bits per heavy atom. The lowest BCUT2D eigenvalue weighted by atomic mass is 9.97. The first-order valence-electron chi connectivity index (χ1n) is 6.25. The van der Waals surface area contributed by atoms with Gasteiger partial charge >= 0.3 is 0 Å². The molecule has 0 saturated carbocycles. The number of alkyl halides is 1. The molecule has 1 unspecified atom stereocenters. The molecule has 0 saturated heterocycles. The van der Waals surface area contributed by atoms with E-state index in [1.54, 1.807) is 18.1 Å². The van der Waals surface area contributed by atoms with E-state index in [2.05, 4.69) is 16.1 Å². The molecule has 0 spiro atoms. The molecule has 102 valence electrons.